The third kappa shape index (κ3) is 5.40. The molecule has 1 unspecified atom stereocenters. The Bertz CT molecular complexity index is 873. The van der Waals surface area contributed by atoms with E-state index < -0.39 is 0 Å². The van der Waals surface area contributed by atoms with E-state index in [9.17, 15) is 4.39 Å². The molecule has 7 heteroatoms. The highest BCUT2D eigenvalue weighted by atomic mass is 19.1. The molecule has 1 heterocycles. The summed E-state index contributed by atoms with van der Waals surface area (Å²) >= 11 is 0. The smallest absolute Gasteiger partial charge is 0.204 e. The van der Waals surface area contributed by atoms with Crippen LogP contribution in [0.25, 0.3) is 0 Å². The molecule has 3 rings (SSSR count). The molecular formula is C22H25FN2O4. The van der Waals surface area contributed by atoms with Crippen molar-refractivity contribution in [1.82, 2.24) is 9.55 Å². The normalized spacial score (nSPS) is 11.7. The number of benzene rings is 2. The van der Waals surface area contributed by atoms with E-state index in [1.807, 2.05) is 10.8 Å². The van der Waals surface area contributed by atoms with Gasteiger partial charge in [0.15, 0.2) is 11.5 Å². The topological polar surface area (TPSA) is 54.7 Å². The number of ether oxygens (including phenoxy) is 4. The zero-order chi connectivity index (χ0) is 20.6. The second-order valence-corrected chi connectivity index (χ2v) is 6.53. The van der Waals surface area contributed by atoms with Crippen molar-refractivity contribution in [3.63, 3.8) is 0 Å². The van der Waals surface area contributed by atoms with E-state index in [-0.39, 0.29) is 11.9 Å². The zero-order valence-electron chi connectivity index (χ0n) is 16.8. The monoisotopic (exact) mass is 400 g/mol. The van der Waals surface area contributed by atoms with Crippen LogP contribution in [0.15, 0.2) is 55.1 Å². The molecule has 154 valence electrons. The van der Waals surface area contributed by atoms with Crippen LogP contribution in [-0.4, -0.2) is 37.0 Å². The number of imidazole rings is 1. The van der Waals surface area contributed by atoms with Gasteiger partial charge in [0.1, 0.15) is 17.7 Å². The molecule has 6 nitrogen and oxygen atoms in total. The highest BCUT2D eigenvalue weighted by Crippen LogP contribution is 2.42. The first-order valence-corrected chi connectivity index (χ1v) is 9.29. The SMILES string of the molecule is COc1cc(OC)c(OC(CCc2ccc(F)cc2)Cn2ccnc2)c(OC)c1. The number of hydrogen-bond donors (Lipinski definition) is 0. The van der Waals surface area contributed by atoms with Crippen LogP contribution in [0.4, 0.5) is 4.39 Å². The number of rotatable bonds is 10. The van der Waals surface area contributed by atoms with Gasteiger partial charge in [-0.1, -0.05) is 12.1 Å². The van der Waals surface area contributed by atoms with Crippen molar-refractivity contribution >= 4 is 0 Å². The fourth-order valence-electron chi connectivity index (χ4n) is 3.05. The van der Waals surface area contributed by atoms with Gasteiger partial charge in [0.05, 0.1) is 34.2 Å². The van der Waals surface area contributed by atoms with E-state index in [1.165, 1.54) is 12.1 Å². The summed E-state index contributed by atoms with van der Waals surface area (Å²) in [5.74, 6) is 1.94. The molecule has 0 radical (unpaired) electrons. The quantitative estimate of drug-likeness (QED) is 0.512. The summed E-state index contributed by atoms with van der Waals surface area (Å²) in [6.07, 6.45) is 6.62. The molecule has 0 saturated heterocycles. The lowest BCUT2D eigenvalue weighted by molar-refractivity contribution is 0.157. The van der Waals surface area contributed by atoms with Crippen LogP contribution < -0.4 is 18.9 Å². The first kappa shape index (κ1) is 20.5. The Labute approximate surface area is 169 Å². The molecule has 0 bridgehead atoms. The molecular weight excluding hydrogens is 375 g/mol. The van der Waals surface area contributed by atoms with Crippen LogP contribution in [-0.2, 0) is 13.0 Å². The lowest BCUT2D eigenvalue weighted by Crippen LogP contribution is -2.24. The molecule has 29 heavy (non-hydrogen) atoms. The Morgan fingerprint density at radius 1 is 1.00 bits per heavy atom. The summed E-state index contributed by atoms with van der Waals surface area (Å²) in [6.45, 7) is 0.597. The minimum atomic E-state index is -0.243. The summed E-state index contributed by atoms with van der Waals surface area (Å²) in [4.78, 5) is 4.10. The van der Waals surface area contributed by atoms with Crippen LogP contribution in [0.2, 0.25) is 0 Å². The largest absolute Gasteiger partial charge is 0.496 e. The maximum Gasteiger partial charge on any atom is 0.204 e. The molecule has 3 aromatic rings. The van der Waals surface area contributed by atoms with Crippen LogP contribution in [0.3, 0.4) is 0 Å². The number of nitrogens with zero attached hydrogens (tertiary/aromatic N) is 2. The fraction of sp³-hybridized carbons (Fsp3) is 0.318. The number of methoxy groups -OCH3 is 3. The number of halogens is 1. The average molecular weight is 400 g/mol. The van der Waals surface area contributed by atoms with Crippen molar-refractivity contribution in [1.29, 1.82) is 0 Å². The Balaban J connectivity index is 1.83. The maximum atomic E-state index is 13.2. The minimum absolute atomic E-state index is 0.189. The van der Waals surface area contributed by atoms with E-state index in [1.54, 1.807) is 58.1 Å². The summed E-state index contributed by atoms with van der Waals surface area (Å²) in [5, 5.41) is 0. The second kappa shape index (κ2) is 9.82. The second-order valence-electron chi connectivity index (χ2n) is 6.53. The molecule has 0 N–H and O–H groups in total. The average Bonchev–Trinajstić information content (AvgIpc) is 3.26. The molecule has 0 aliphatic heterocycles. The van der Waals surface area contributed by atoms with E-state index in [2.05, 4.69) is 4.98 Å². The van der Waals surface area contributed by atoms with Crippen LogP contribution >= 0.6 is 0 Å². The molecule has 2 aromatic carbocycles. The van der Waals surface area contributed by atoms with Crippen LogP contribution in [0, 0.1) is 5.82 Å². The Kier molecular flexibility index (Phi) is 6.94. The van der Waals surface area contributed by atoms with E-state index >= 15 is 0 Å². The highest BCUT2D eigenvalue weighted by molar-refractivity contribution is 5.56. The van der Waals surface area contributed by atoms with E-state index in [0.717, 1.165) is 12.0 Å². The molecule has 0 aliphatic rings. The van der Waals surface area contributed by atoms with Crippen molar-refractivity contribution in [3.8, 4) is 23.0 Å². The lowest BCUT2D eigenvalue weighted by Gasteiger charge is -2.23. The molecule has 0 saturated carbocycles. The molecule has 0 spiro atoms. The van der Waals surface area contributed by atoms with E-state index in [0.29, 0.717) is 36.0 Å². The van der Waals surface area contributed by atoms with Gasteiger partial charge in [-0.3, -0.25) is 0 Å². The van der Waals surface area contributed by atoms with Crippen LogP contribution in [0.1, 0.15) is 12.0 Å². The van der Waals surface area contributed by atoms with Crippen molar-refractivity contribution in [3.05, 3.63) is 66.5 Å². The van der Waals surface area contributed by atoms with Crippen molar-refractivity contribution in [2.45, 2.75) is 25.5 Å². The summed E-state index contributed by atoms with van der Waals surface area (Å²) in [5.41, 5.74) is 1.04. The third-order valence-corrected chi connectivity index (χ3v) is 4.60. The van der Waals surface area contributed by atoms with Gasteiger partial charge in [0.25, 0.3) is 0 Å². The Morgan fingerprint density at radius 2 is 1.69 bits per heavy atom. The summed E-state index contributed by atoms with van der Waals surface area (Å²) < 4.78 is 37.8. The lowest BCUT2D eigenvalue weighted by atomic mass is 10.1. The van der Waals surface area contributed by atoms with Gasteiger partial charge in [-0.05, 0) is 30.5 Å². The third-order valence-electron chi connectivity index (χ3n) is 4.60. The number of aryl methyl sites for hydroxylation is 1. The maximum absolute atomic E-state index is 13.2. The predicted molar refractivity (Wildman–Crippen MR) is 107 cm³/mol. The van der Waals surface area contributed by atoms with Crippen molar-refractivity contribution < 1.29 is 23.3 Å². The van der Waals surface area contributed by atoms with Gasteiger partial charge >= 0.3 is 0 Å². The molecule has 0 fully saturated rings. The fourth-order valence-corrected chi connectivity index (χ4v) is 3.05. The minimum Gasteiger partial charge on any atom is -0.496 e. The standard InChI is InChI=1S/C22H25FN2O4/c1-26-19-12-20(27-2)22(21(13-19)28-3)29-18(14-25-11-10-24-15-25)9-6-16-4-7-17(23)8-5-16/h4-5,7-8,10-13,15,18H,6,9,14H2,1-3H3. The van der Waals surface area contributed by atoms with Gasteiger partial charge in [-0.25, -0.2) is 9.37 Å². The van der Waals surface area contributed by atoms with Gasteiger partial charge in [-0.15, -0.1) is 0 Å². The van der Waals surface area contributed by atoms with Crippen LogP contribution in [0.5, 0.6) is 23.0 Å². The van der Waals surface area contributed by atoms with Crippen molar-refractivity contribution in [2.24, 2.45) is 0 Å². The van der Waals surface area contributed by atoms with Gasteiger partial charge < -0.3 is 23.5 Å². The van der Waals surface area contributed by atoms with Crippen molar-refractivity contribution in [2.75, 3.05) is 21.3 Å². The predicted octanol–water partition coefficient (Wildman–Crippen LogP) is 4.13. The van der Waals surface area contributed by atoms with Gasteiger partial charge in [-0.2, -0.15) is 0 Å². The van der Waals surface area contributed by atoms with E-state index in [4.69, 9.17) is 18.9 Å². The van der Waals surface area contributed by atoms with Gasteiger partial charge in [0.2, 0.25) is 5.75 Å². The number of hydrogen-bond acceptors (Lipinski definition) is 5. The summed E-state index contributed by atoms with van der Waals surface area (Å²) in [6, 6.07) is 10.0. The molecule has 0 amide bonds. The molecule has 0 aliphatic carbocycles. The summed E-state index contributed by atoms with van der Waals surface area (Å²) in [7, 11) is 4.73. The van der Waals surface area contributed by atoms with Gasteiger partial charge in [0, 0.05) is 24.5 Å². The Hall–Kier alpha value is -3.22. The first-order valence-electron chi connectivity index (χ1n) is 9.29. The zero-order valence-corrected chi connectivity index (χ0v) is 16.8. The Morgan fingerprint density at radius 3 is 2.24 bits per heavy atom. The molecule has 1 atom stereocenters. The number of aromatic nitrogens is 2. The first-order chi connectivity index (χ1) is 14.1. The highest BCUT2D eigenvalue weighted by Gasteiger charge is 2.20. The molecule has 1 aromatic heterocycles.